The third-order valence-electron chi connectivity index (χ3n) is 4.01. The van der Waals surface area contributed by atoms with E-state index in [9.17, 15) is 14.9 Å². The van der Waals surface area contributed by atoms with Crippen LogP contribution in [0.2, 0.25) is 0 Å². The number of carbonyl (C=O) groups excluding carboxylic acids is 1. The van der Waals surface area contributed by atoms with Crippen molar-refractivity contribution in [2.45, 2.75) is 31.7 Å². The highest BCUT2D eigenvalue weighted by Gasteiger charge is 2.28. The molecule has 1 aliphatic rings. The fraction of sp³-hybridized carbons (Fsp3) is 0.533. The fourth-order valence-electron chi connectivity index (χ4n) is 2.89. The molecule has 128 valence electrons. The lowest BCUT2D eigenvalue weighted by atomic mass is 9.98. The Kier molecular flexibility index (Phi) is 7.25. The maximum atomic E-state index is 12.7. The van der Waals surface area contributed by atoms with E-state index >= 15 is 0 Å². The molecule has 1 aliphatic heterocycles. The van der Waals surface area contributed by atoms with Crippen molar-refractivity contribution in [3.63, 3.8) is 0 Å². The van der Waals surface area contributed by atoms with Crippen molar-refractivity contribution < 1.29 is 14.5 Å². The molecule has 1 atom stereocenters. The zero-order valence-corrected chi connectivity index (χ0v) is 13.9. The summed E-state index contributed by atoms with van der Waals surface area (Å²) in [6.45, 7) is 1.24. The van der Waals surface area contributed by atoms with Crippen LogP contribution >= 0.6 is 12.4 Å². The van der Waals surface area contributed by atoms with Gasteiger partial charge in [-0.05, 0) is 38.3 Å². The molecule has 0 bridgehead atoms. The second-order valence-corrected chi connectivity index (χ2v) is 5.37. The van der Waals surface area contributed by atoms with Crippen LogP contribution in [0.25, 0.3) is 0 Å². The predicted octanol–water partition coefficient (Wildman–Crippen LogP) is 2.37. The first kappa shape index (κ1) is 19.2. The van der Waals surface area contributed by atoms with Crippen molar-refractivity contribution in [2.24, 2.45) is 5.73 Å². The lowest BCUT2D eigenvalue weighted by Gasteiger charge is -2.35. The van der Waals surface area contributed by atoms with Crippen molar-refractivity contribution in [2.75, 3.05) is 20.2 Å². The third-order valence-corrected chi connectivity index (χ3v) is 4.01. The molecular weight excluding hydrogens is 322 g/mol. The minimum atomic E-state index is -0.523. The molecule has 1 aromatic rings. The number of hydrogen-bond acceptors (Lipinski definition) is 5. The number of benzene rings is 1. The van der Waals surface area contributed by atoms with E-state index in [-0.39, 0.29) is 35.8 Å². The molecular formula is C15H22ClN3O4. The number of likely N-dealkylation sites (tertiary alicyclic amines) is 1. The Balaban J connectivity index is 0.00000264. The molecule has 0 saturated carbocycles. The van der Waals surface area contributed by atoms with Gasteiger partial charge in [0, 0.05) is 30.3 Å². The Hall–Kier alpha value is -1.86. The van der Waals surface area contributed by atoms with Gasteiger partial charge in [0.15, 0.2) is 5.75 Å². The number of nitro groups is 1. The minimum Gasteiger partial charge on any atom is -0.490 e. The van der Waals surface area contributed by atoms with Crippen LogP contribution in [-0.4, -0.2) is 42.0 Å². The van der Waals surface area contributed by atoms with Crippen molar-refractivity contribution in [1.82, 2.24) is 4.90 Å². The summed E-state index contributed by atoms with van der Waals surface area (Å²) >= 11 is 0. The third kappa shape index (κ3) is 4.33. The van der Waals surface area contributed by atoms with Gasteiger partial charge in [0.05, 0.1) is 12.0 Å². The van der Waals surface area contributed by atoms with Crippen LogP contribution in [0.5, 0.6) is 5.75 Å². The molecule has 1 heterocycles. The van der Waals surface area contributed by atoms with E-state index in [4.69, 9.17) is 10.5 Å². The molecule has 0 aromatic heterocycles. The number of nitrogens with zero attached hydrogens (tertiary/aromatic N) is 2. The van der Waals surface area contributed by atoms with Crippen LogP contribution in [0, 0.1) is 10.1 Å². The van der Waals surface area contributed by atoms with Gasteiger partial charge in [-0.2, -0.15) is 0 Å². The highest BCUT2D eigenvalue weighted by atomic mass is 35.5. The lowest BCUT2D eigenvalue weighted by molar-refractivity contribution is -0.385. The van der Waals surface area contributed by atoms with Gasteiger partial charge in [0.2, 0.25) is 0 Å². The molecule has 23 heavy (non-hydrogen) atoms. The molecule has 7 nitrogen and oxygen atoms in total. The van der Waals surface area contributed by atoms with Gasteiger partial charge in [0.1, 0.15) is 0 Å². The molecule has 1 unspecified atom stereocenters. The van der Waals surface area contributed by atoms with E-state index in [1.54, 1.807) is 0 Å². The summed E-state index contributed by atoms with van der Waals surface area (Å²) in [5.74, 6) is -0.0189. The number of rotatable bonds is 5. The Labute approximate surface area is 141 Å². The molecule has 1 amide bonds. The Morgan fingerprint density at radius 1 is 1.48 bits per heavy atom. The molecule has 8 heteroatoms. The van der Waals surface area contributed by atoms with Crippen LogP contribution in [0.15, 0.2) is 18.2 Å². The second kappa shape index (κ2) is 8.69. The Morgan fingerprint density at radius 3 is 2.83 bits per heavy atom. The summed E-state index contributed by atoms with van der Waals surface area (Å²) in [6, 6.07) is 4.38. The highest BCUT2D eigenvalue weighted by Crippen LogP contribution is 2.29. The average molecular weight is 344 g/mol. The van der Waals surface area contributed by atoms with Crippen molar-refractivity contribution >= 4 is 24.0 Å². The molecule has 0 spiro atoms. The maximum absolute atomic E-state index is 12.7. The largest absolute Gasteiger partial charge is 0.490 e. The fourth-order valence-corrected chi connectivity index (χ4v) is 2.89. The number of nitrogens with two attached hydrogens (primary N) is 1. The summed E-state index contributed by atoms with van der Waals surface area (Å²) in [5.41, 5.74) is 5.89. The van der Waals surface area contributed by atoms with E-state index < -0.39 is 4.92 Å². The van der Waals surface area contributed by atoms with E-state index in [2.05, 4.69) is 0 Å². The quantitative estimate of drug-likeness (QED) is 0.653. The summed E-state index contributed by atoms with van der Waals surface area (Å²) in [7, 11) is 1.36. The van der Waals surface area contributed by atoms with Crippen LogP contribution in [0.1, 0.15) is 36.0 Å². The topological polar surface area (TPSA) is 98.7 Å². The summed E-state index contributed by atoms with van der Waals surface area (Å²) in [5, 5.41) is 10.9. The standard InChI is InChI=1S/C15H21N3O4.ClH/c1-22-14-10-11(5-6-13(14)18(20)21)15(19)17-9-3-2-4-12(17)7-8-16;/h5-6,10,12H,2-4,7-9,16H2,1H3;1H. The summed E-state index contributed by atoms with van der Waals surface area (Å²) < 4.78 is 5.03. The van der Waals surface area contributed by atoms with Crippen molar-refractivity contribution in [3.8, 4) is 5.75 Å². The van der Waals surface area contributed by atoms with Gasteiger partial charge >= 0.3 is 5.69 Å². The molecule has 2 N–H and O–H groups in total. The first-order chi connectivity index (χ1) is 10.6. The van der Waals surface area contributed by atoms with Gasteiger partial charge in [0.25, 0.3) is 5.91 Å². The molecule has 1 fully saturated rings. The maximum Gasteiger partial charge on any atom is 0.310 e. The number of nitro benzene ring substituents is 1. The monoisotopic (exact) mass is 343 g/mol. The van der Waals surface area contributed by atoms with Crippen LogP contribution in [0.4, 0.5) is 5.69 Å². The van der Waals surface area contributed by atoms with Crippen LogP contribution < -0.4 is 10.5 Å². The van der Waals surface area contributed by atoms with Gasteiger partial charge in [-0.25, -0.2) is 0 Å². The smallest absolute Gasteiger partial charge is 0.310 e. The van der Waals surface area contributed by atoms with E-state index in [0.717, 1.165) is 25.7 Å². The first-order valence-electron chi connectivity index (χ1n) is 7.42. The van der Waals surface area contributed by atoms with Crippen molar-refractivity contribution in [1.29, 1.82) is 0 Å². The molecule has 0 radical (unpaired) electrons. The van der Waals surface area contributed by atoms with Gasteiger partial charge in [-0.1, -0.05) is 0 Å². The normalized spacial score (nSPS) is 17.3. The Morgan fingerprint density at radius 2 is 2.22 bits per heavy atom. The van der Waals surface area contributed by atoms with E-state index in [1.165, 1.54) is 25.3 Å². The number of piperidine rings is 1. The lowest BCUT2D eigenvalue weighted by Crippen LogP contribution is -2.44. The highest BCUT2D eigenvalue weighted by molar-refractivity contribution is 5.95. The van der Waals surface area contributed by atoms with E-state index in [1.807, 2.05) is 4.90 Å². The Bertz CT molecular complexity index is 566. The van der Waals surface area contributed by atoms with E-state index in [0.29, 0.717) is 18.7 Å². The van der Waals surface area contributed by atoms with Gasteiger partial charge in [-0.15, -0.1) is 12.4 Å². The number of amides is 1. The number of methoxy groups -OCH3 is 1. The van der Waals surface area contributed by atoms with Crippen LogP contribution in [-0.2, 0) is 0 Å². The zero-order chi connectivity index (χ0) is 16.1. The summed E-state index contributed by atoms with van der Waals surface area (Å²) in [4.78, 5) is 24.9. The summed E-state index contributed by atoms with van der Waals surface area (Å²) in [6.07, 6.45) is 3.79. The zero-order valence-electron chi connectivity index (χ0n) is 13.1. The SMILES string of the molecule is COc1cc(C(=O)N2CCCCC2CCN)ccc1[N+](=O)[O-].Cl. The second-order valence-electron chi connectivity index (χ2n) is 5.37. The molecule has 1 saturated heterocycles. The van der Waals surface area contributed by atoms with Crippen LogP contribution in [0.3, 0.4) is 0 Å². The molecule has 0 aliphatic carbocycles. The molecule has 2 rings (SSSR count). The number of carbonyl (C=O) groups is 1. The van der Waals surface area contributed by atoms with Crippen molar-refractivity contribution in [3.05, 3.63) is 33.9 Å². The van der Waals surface area contributed by atoms with Gasteiger partial charge in [-0.3, -0.25) is 14.9 Å². The first-order valence-corrected chi connectivity index (χ1v) is 7.42. The average Bonchev–Trinajstić information content (AvgIpc) is 2.54. The predicted molar refractivity (Wildman–Crippen MR) is 89.2 cm³/mol. The number of halogens is 1. The van der Waals surface area contributed by atoms with Gasteiger partial charge < -0.3 is 15.4 Å². The number of hydrogen-bond donors (Lipinski definition) is 1. The minimum absolute atomic E-state index is 0. The molecule has 1 aromatic carbocycles. The number of ether oxygens (including phenoxy) is 1.